The molecular weight excluding hydrogens is 365 g/mol. The zero-order chi connectivity index (χ0) is 19.2. The van der Waals surface area contributed by atoms with Gasteiger partial charge in [-0.2, -0.15) is 4.98 Å². The van der Waals surface area contributed by atoms with Crippen LogP contribution in [0.2, 0.25) is 0 Å². The molecule has 0 aliphatic heterocycles. The largest absolute Gasteiger partial charge is 0.394 e. The summed E-state index contributed by atoms with van der Waals surface area (Å²) in [6, 6.07) is 9.78. The lowest BCUT2D eigenvalue weighted by Crippen LogP contribution is -2.32. The minimum atomic E-state index is -4.39. The zero-order valence-corrected chi connectivity index (χ0v) is 14.5. The van der Waals surface area contributed by atoms with Gasteiger partial charge in [0, 0.05) is 11.8 Å². The molecule has 0 aliphatic rings. The minimum Gasteiger partial charge on any atom is -0.394 e. The molecule has 1 unspecified atom stereocenters. The number of carbonyl (C=O) groups excluding carboxylic acids is 1. The number of hydrogen-bond acceptors (Lipinski definition) is 6. The Morgan fingerprint density at radius 3 is 2.54 bits per heavy atom. The highest BCUT2D eigenvalue weighted by atomic mass is 31.2. The summed E-state index contributed by atoms with van der Waals surface area (Å²) in [5.41, 5.74) is -0.307. The van der Waals surface area contributed by atoms with Gasteiger partial charge < -0.3 is 24.9 Å². The van der Waals surface area contributed by atoms with Crippen molar-refractivity contribution in [2.75, 3.05) is 18.3 Å². The van der Waals surface area contributed by atoms with Gasteiger partial charge in [-0.15, -0.1) is 0 Å². The molecular formula is C15H18N3O7P. The molecule has 1 aromatic carbocycles. The van der Waals surface area contributed by atoms with Gasteiger partial charge in [-0.05, 0) is 18.2 Å². The van der Waals surface area contributed by atoms with Crippen molar-refractivity contribution in [1.82, 2.24) is 9.55 Å². The molecule has 0 bridgehead atoms. The van der Waals surface area contributed by atoms with Crippen molar-refractivity contribution in [3.63, 3.8) is 0 Å². The highest BCUT2D eigenvalue weighted by Crippen LogP contribution is 2.34. The summed E-state index contributed by atoms with van der Waals surface area (Å²) in [6.45, 7) is -0.700. The van der Waals surface area contributed by atoms with Crippen LogP contribution >= 0.6 is 7.60 Å². The number of rotatable bonds is 8. The molecule has 1 heterocycles. The van der Waals surface area contributed by atoms with Crippen LogP contribution in [0.15, 0.2) is 47.4 Å². The molecule has 10 nitrogen and oxygen atoms in total. The number of amides is 1. The number of aromatic nitrogens is 2. The fourth-order valence-corrected chi connectivity index (χ4v) is 2.41. The number of anilines is 1. The third-order valence-electron chi connectivity index (χ3n) is 3.23. The van der Waals surface area contributed by atoms with Crippen molar-refractivity contribution in [3.8, 4) is 0 Å². The lowest BCUT2D eigenvalue weighted by atomic mass is 10.2. The van der Waals surface area contributed by atoms with E-state index < -0.39 is 38.3 Å². The maximum atomic E-state index is 12.0. The summed E-state index contributed by atoms with van der Waals surface area (Å²) in [5.74, 6) is -0.370. The van der Waals surface area contributed by atoms with E-state index in [1.54, 1.807) is 30.3 Å². The van der Waals surface area contributed by atoms with Crippen molar-refractivity contribution in [3.05, 3.63) is 58.6 Å². The molecule has 0 aliphatic carbocycles. The lowest BCUT2D eigenvalue weighted by molar-refractivity contribution is 0.0188. The van der Waals surface area contributed by atoms with E-state index in [0.29, 0.717) is 5.56 Å². The van der Waals surface area contributed by atoms with E-state index in [1.807, 2.05) is 0 Å². The predicted octanol–water partition coefficient (Wildman–Crippen LogP) is 0.00830. The standard InChI is InChI=1S/C15H18N3O7P/c19-9-12(25-10-26(22,23)24)8-18-7-6-13(17-15(18)21)16-14(20)11-4-2-1-3-5-11/h1-7,12,19H,8-10H2,(H2,22,23,24)(H,16,17,20,21). The topological polar surface area (TPSA) is 151 Å². The second-order valence-corrected chi connectivity index (χ2v) is 6.92. The molecule has 140 valence electrons. The van der Waals surface area contributed by atoms with Crippen molar-refractivity contribution in [2.45, 2.75) is 12.6 Å². The fourth-order valence-electron chi connectivity index (χ4n) is 2.00. The number of ether oxygens (including phenoxy) is 1. The van der Waals surface area contributed by atoms with Crippen molar-refractivity contribution in [2.24, 2.45) is 0 Å². The number of hydrogen-bond donors (Lipinski definition) is 4. The number of nitrogens with one attached hydrogen (secondary N) is 1. The molecule has 0 saturated carbocycles. The van der Waals surface area contributed by atoms with Gasteiger partial charge in [-0.1, -0.05) is 18.2 Å². The number of nitrogens with zero attached hydrogens (tertiary/aromatic N) is 2. The van der Waals surface area contributed by atoms with Crippen molar-refractivity contribution < 1.29 is 29.0 Å². The van der Waals surface area contributed by atoms with Crippen molar-refractivity contribution >= 4 is 19.3 Å². The molecule has 0 radical (unpaired) electrons. The molecule has 0 fully saturated rings. The predicted molar refractivity (Wildman–Crippen MR) is 91.8 cm³/mol. The normalized spacial score (nSPS) is 12.6. The highest BCUT2D eigenvalue weighted by molar-refractivity contribution is 7.51. The Kier molecular flexibility index (Phi) is 6.78. The summed E-state index contributed by atoms with van der Waals surface area (Å²) in [4.78, 5) is 45.3. The molecule has 0 saturated heterocycles. The van der Waals surface area contributed by atoms with Gasteiger partial charge in [0.2, 0.25) is 0 Å². The van der Waals surface area contributed by atoms with Crippen LogP contribution in [-0.2, 0) is 15.8 Å². The van der Waals surface area contributed by atoms with Gasteiger partial charge in [0.25, 0.3) is 5.91 Å². The van der Waals surface area contributed by atoms with Crippen LogP contribution in [0.4, 0.5) is 5.82 Å². The summed E-state index contributed by atoms with van der Waals surface area (Å²) in [7, 11) is -4.39. The molecule has 1 atom stereocenters. The van der Waals surface area contributed by atoms with Crippen LogP contribution in [0, 0.1) is 0 Å². The monoisotopic (exact) mass is 383 g/mol. The Bertz CT molecular complexity index is 850. The molecule has 1 amide bonds. The van der Waals surface area contributed by atoms with Gasteiger partial charge in [-0.3, -0.25) is 13.9 Å². The first-order valence-corrected chi connectivity index (χ1v) is 9.29. The van der Waals surface area contributed by atoms with Crippen LogP contribution in [-0.4, -0.2) is 49.4 Å². The number of aliphatic hydroxyl groups excluding tert-OH is 1. The van der Waals surface area contributed by atoms with Crippen LogP contribution in [0.3, 0.4) is 0 Å². The van der Waals surface area contributed by atoms with Gasteiger partial charge in [0.05, 0.1) is 19.3 Å². The molecule has 0 spiro atoms. The van der Waals surface area contributed by atoms with E-state index in [4.69, 9.17) is 14.5 Å². The van der Waals surface area contributed by atoms with E-state index >= 15 is 0 Å². The zero-order valence-electron chi connectivity index (χ0n) is 13.6. The molecule has 26 heavy (non-hydrogen) atoms. The molecule has 2 aromatic rings. The van der Waals surface area contributed by atoms with E-state index in [1.165, 1.54) is 12.3 Å². The summed E-state index contributed by atoms with van der Waals surface area (Å²) >= 11 is 0. The summed E-state index contributed by atoms with van der Waals surface area (Å²) in [6.07, 6.45) is -0.530. The third-order valence-corrected chi connectivity index (χ3v) is 3.72. The average molecular weight is 383 g/mol. The first kappa shape index (κ1) is 20.0. The minimum absolute atomic E-state index is 0.0526. The van der Waals surface area contributed by atoms with Crippen LogP contribution in [0.25, 0.3) is 0 Å². The second kappa shape index (κ2) is 8.84. The fraction of sp³-hybridized carbons (Fsp3) is 0.267. The lowest BCUT2D eigenvalue weighted by Gasteiger charge is -2.17. The van der Waals surface area contributed by atoms with E-state index in [0.717, 1.165) is 4.57 Å². The Hall–Kier alpha value is -2.36. The maximum absolute atomic E-state index is 12.0. The first-order chi connectivity index (χ1) is 12.3. The van der Waals surface area contributed by atoms with Gasteiger partial charge in [0.1, 0.15) is 12.2 Å². The summed E-state index contributed by atoms with van der Waals surface area (Å²) in [5, 5.41) is 11.7. The molecule has 1 aromatic heterocycles. The van der Waals surface area contributed by atoms with Gasteiger partial charge in [-0.25, -0.2) is 4.79 Å². The third kappa shape index (κ3) is 6.17. The SMILES string of the molecule is O=C(Nc1ccn(CC(CO)OCP(=O)(O)O)c(=O)n1)c1ccccc1. The first-order valence-electron chi connectivity index (χ1n) is 7.49. The van der Waals surface area contributed by atoms with Crippen LogP contribution < -0.4 is 11.0 Å². The second-order valence-electron chi connectivity index (χ2n) is 5.33. The summed E-state index contributed by atoms with van der Waals surface area (Å²) < 4.78 is 16.8. The molecule has 4 N–H and O–H groups in total. The Morgan fingerprint density at radius 1 is 1.27 bits per heavy atom. The quantitative estimate of drug-likeness (QED) is 0.465. The molecule has 2 rings (SSSR count). The van der Waals surface area contributed by atoms with E-state index in [9.17, 15) is 19.3 Å². The van der Waals surface area contributed by atoms with Crippen LogP contribution in [0.5, 0.6) is 0 Å². The number of carbonyl (C=O) groups is 1. The van der Waals surface area contributed by atoms with Gasteiger partial charge >= 0.3 is 13.3 Å². The number of benzene rings is 1. The van der Waals surface area contributed by atoms with Crippen LogP contribution in [0.1, 0.15) is 10.4 Å². The van der Waals surface area contributed by atoms with Crippen molar-refractivity contribution in [1.29, 1.82) is 0 Å². The van der Waals surface area contributed by atoms with Gasteiger partial charge in [0.15, 0.2) is 0 Å². The average Bonchev–Trinajstić information content (AvgIpc) is 2.60. The number of aliphatic hydroxyl groups is 1. The maximum Gasteiger partial charge on any atom is 0.350 e. The molecule has 11 heteroatoms. The Labute approximate surface area is 148 Å². The smallest absolute Gasteiger partial charge is 0.350 e. The Morgan fingerprint density at radius 2 is 1.96 bits per heavy atom. The van der Waals surface area contributed by atoms with E-state index in [2.05, 4.69) is 10.3 Å². The van der Waals surface area contributed by atoms with E-state index in [-0.39, 0.29) is 12.4 Å². The highest BCUT2D eigenvalue weighted by Gasteiger charge is 2.18. The Balaban J connectivity index is 2.03.